The van der Waals surface area contributed by atoms with Crippen LogP contribution in [0, 0.1) is 0 Å². The topological polar surface area (TPSA) is 99.1 Å². The molecule has 7 nitrogen and oxygen atoms in total. The van der Waals surface area contributed by atoms with Crippen LogP contribution < -0.4 is 5.43 Å². The van der Waals surface area contributed by atoms with Gasteiger partial charge in [0, 0.05) is 13.1 Å². The number of carboxylic acid groups (broad SMARTS) is 1. The van der Waals surface area contributed by atoms with Crippen LogP contribution in [0.3, 0.4) is 0 Å². The average Bonchev–Trinajstić information content (AvgIpc) is 3.01. The van der Waals surface area contributed by atoms with Crippen molar-refractivity contribution in [3.05, 3.63) is 35.4 Å². The third-order valence-corrected chi connectivity index (χ3v) is 3.12. The number of carbonyl (C=O) groups excluding carboxylic acids is 2. The molecule has 1 fully saturated rings. The van der Waals surface area contributed by atoms with Crippen LogP contribution in [0.2, 0.25) is 0 Å². The van der Waals surface area contributed by atoms with Crippen molar-refractivity contribution in [2.75, 3.05) is 13.1 Å². The third kappa shape index (κ3) is 3.88. The number of carbonyl (C=O) groups is 3. The Morgan fingerprint density at radius 1 is 1.14 bits per heavy atom. The zero-order valence-corrected chi connectivity index (χ0v) is 11.3. The molecular weight excluding hydrogens is 274 g/mol. The molecule has 0 aromatic heterocycles. The second kappa shape index (κ2) is 6.65. The fraction of sp³-hybridized carbons (Fsp3) is 0.286. The first-order valence-corrected chi connectivity index (χ1v) is 6.53. The van der Waals surface area contributed by atoms with Gasteiger partial charge in [-0.05, 0) is 30.5 Å². The third-order valence-electron chi connectivity index (χ3n) is 3.12. The highest BCUT2D eigenvalue weighted by Gasteiger charge is 2.23. The van der Waals surface area contributed by atoms with E-state index in [1.807, 2.05) is 0 Å². The molecule has 0 saturated carbocycles. The number of nitrogens with zero attached hydrogens (tertiary/aromatic N) is 2. The highest BCUT2D eigenvalue weighted by molar-refractivity contribution is 6.35. The second-order valence-electron chi connectivity index (χ2n) is 4.63. The summed E-state index contributed by atoms with van der Waals surface area (Å²) in [5.74, 6) is -2.36. The molecule has 1 aromatic carbocycles. The Labute approximate surface area is 121 Å². The fourth-order valence-corrected chi connectivity index (χ4v) is 1.99. The van der Waals surface area contributed by atoms with Crippen LogP contribution in [0.5, 0.6) is 0 Å². The number of nitrogens with one attached hydrogen (secondary N) is 1. The van der Waals surface area contributed by atoms with E-state index in [4.69, 9.17) is 5.11 Å². The summed E-state index contributed by atoms with van der Waals surface area (Å²) < 4.78 is 0. The summed E-state index contributed by atoms with van der Waals surface area (Å²) in [6.07, 6.45) is 3.18. The summed E-state index contributed by atoms with van der Waals surface area (Å²) in [6, 6.07) is 5.98. The highest BCUT2D eigenvalue weighted by Crippen LogP contribution is 2.07. The molecule has 0 unspecified atom stereocenters. The lowest BCUT2D eigenvalue weighted by atomic mass is 10.1. The van der Waals surface area contributed by atoms with E-state index in [0.717, 1.165) is 12.8 Å². The van der Waals surface area contributed by atoms with Crippen molar-refractivity contribution in [1.82, 2.24) is 10.3 Å². The van der Waals surface area contributed by atoms with Gasteiger partial charge in [-0.2, -0.15) is 5.10 Å². The summed E-state index contributed by atoms with van der Waals surface area (Å²) in [6.45, 7) is 1.21. The lowest BCUT2D eigenvalue weighted by molar-refractivity contribution is -0.145. The Balaban J connectivity index is 1.88. The van der Waals surface area contributed by atoms with Gasteiger partial charge >= 0.3 is 17.8 Å². The van der Waals surface area contributed by atoms with E-state index in [1.54, 1.807) is 12.1 Å². The molecule has 0 aliphatic carbocycles. The number of hydrazone groups is 1. The first kappa shape index (κ1) is 14.7. The molecule has 110 valence electrons. The van der Waals surface area contributed by atoms with E-state index in [-0.39, 0.29) is 5.56 Å². The summed E-state index contributed by atoms with van der Waals surface area (Å²) in [5.41, 5.74) is 2.95. The van der Waals surface area contributed by atoms with Gasteiger partial charge in [0.05, 0.1) is 11.8 Å². The van der Waals surface area contributed by atoms with Crippen molar-refractivity contribution in [3.8, 4) is 0 Å². The van der Waals surface area contributed by atoms with Gasteiger partial charge in [-0.25, -0.2) is 10.2 Å². The SMILES string of the molecule is O=C(NN=Cc1ccc(C(=O)O)cc1)C(=O)N1CCCC1. The molecule has 1 aliphatic heterocycles. The van der Waals surface area contributed by atoms with Crippen LogP contribution in [0.4, 0.5) is 0 Å². The molecule has 0 radical (unpaired) electrons. The molecule has 0 bridgehead atoms. The van der Waals surface area contributed by atoms with E-state index in [0.29, 0.717) is 18.7 Å². The summed E-state index contributed by atoms with van der Waals surface area (Å²) >= 11 is 0. The lowest BCUT2D eigenvalue weighted by Gasteiger charge is -2.12. The molecule has 2 rings (SSSR count). The van der Waals surface area contributed by atoms with Crippen molar-refractivity contribution >= 4 is 24.0 Å². The molecule has 2 N–H and O–H groups in total. The molecule has 21 heavy (non-hydrogen) atoms. The van der Waals surface area contributed by atoms with Crippen LogP contribution in [0.1, 0.15) is 28.8 Å². The predicted octanol–water partition coefficient (Wildman–Crippen LogP) is 0.457. The maximum absolute atomic E-state index is 11.7. The molecule has 0 spiro atoms. The van der Waals surface area contributed by atoms with Gasteiger partial charge in [-0.1, -0.05) is 12.1 Å². The number of rotatable bonds is 3. The van der Waals surface area contributed by atoms with Gasteiger partial charge in [0.2, 0.25) is 0 Å². The molecular formula is C14H15N3O4. The van der Waals surface area contributed by atoms with Crippen molar-refractivity contribution < 1.29 is 19.5 Å². The second-order valence-corrected chi connectivity index (χ2v) is 4.63. The van der Waals surface area contributed by atoms with Gasteiger partial charge in [0.1, 0.15) is 0 Å². The molecule has 1 aromatic rings. The Hall–Kier alpha value is -2.70. The normalized spacial score (nSPS) is 14.4. The molecule has 1 saturated heterocycles. The molecule has 0 atom stereocenters. The quantitative estimate of drug-likeness (QED) is 0.479. The first-order chi connectivity index (χ1) is 10.1. The number of amides is 2. The minimum Gasteiger partial charge on any atom is -0.478 e. The molecule has 7 heteroatoms. The van der Waals surface area contributed by atoms with Crippen molar-refractivity contribution in [2.45, 2.75) is 12.8 Å². The standard InChI is InChI=1S/C14H15N3O4/c18-12(13(19)17-7-1-2-8-17)16-15-9-10-3-5-11(6-4-10)14(20)21/h3-6,9H,1-2,7-8H2,(H,16,18)(H,20,21). The zero-order valence-electron chi connectivity index (χ0n) is 11.3. The van der Waals surface area contributed by atoms with E-state index in [2.05, 4.69) is 10.5 Å². The zero-order chi connectivity index (χ0) is 15.2. The summed E-state index contributed by atoms with van der Waals surface area (Å²) in [4.78, 5) is 35.4. The van der Waals surface area contributed by atoms with E-state index >= 15 is 0 Å². The van der Waals surface area contributed by atoms with Crippen LogP contribution >= 0.6 is 0 Å². The predicted molar refractivity (Wildman–Crippen MR) is 75.0 cm³/mol. The van der Waals surface area contributed by atoms with Gasteiger partial charge in [-0.15, -0.1) is 0 Å². The maximum Gasteiger partial charge on any atom is 0.335 e. The number of aromatic carboxylic acids is 1. The van der Waals surface area contributed by atoms with Gasteiger partial charge in [0.25, 0.3) is 0 Å². The molecule has 2 amide bonds. The fourth-order valence-electron chi connectivity index (χ4n) is 1.99. The first-order valence-electron chi connectivity index (χ1n) is 6.53. The summed E-state index contributed by atoms with van der Waals surface area (Å²) in [7, 11) is 0. The van der Waals surface area contributed by atoms with Gasteiger partial charge in [0.15, 0.2) is 0 Å². The Bertz CT molecular complexity index is 574. The number of hydrogen-bond donors (Lipinski definition) is 2. The van der Waals surface area contributed by atoms with Crippen molar-refractivity contribution in [2.24, 2.45) is 5.10 Å². The van der Waals surface area contributed by atoms with E-state index in [9.17, 15) is 14.4 Å². The van der Waals surface area contributed by atoms with Gasteiger partial charge in [-0.3, -0.25) is 9.59 Å². The Morgan fingerprint density at radius 3 is 2.33 bits per heavy atom. The number of hydrogen-bond acceptors (Lipinski definition) is 4. The average molecular weight is 289 g/mol. The highest BCUT2D eigenvalue weighted by atomic mass is 16.4. The summed E-state index contributed by atoms with van der Waals surface area (Å²) in [5, 5.41) is 12.4. The molecule has 1 heterocycles. The Morgan fingerprint density at radius 2 is 1.76 bits per heavy atom. The largest absolute Gasteiger partial charge is 0.478 e. The monoisotopic (exact) mass is 289 g/mol. The minimum absolute atomic E-state index is 0.167. The number of carboxylic acids is 1. The van der Waals surface area contributed by atoms with Crippen molar-refractivity contribution in [3.63, 3.8) is 0 Å². The van der Waals surface area contributed by atoms with E-state index < -0.39 is 17.8 Å². The Kier molecular flexibility index (Phi) is 4.65. The maximum atomic E-state index is 11.7. The minimum atomic E-state index is -1.01. The smallest absolute Gasteiger partial charge is 0.335 e. The number of benzene rings is 1. The number of likely N-dealkylation sites (tertiary alicyclic amines) is 1. The lowest BCUT2D eigenvalue weighted by Crippen LogP contribution is -2.39. The van der Waals surface area contributed by atoms with Crippen LogP contribution in [-0.2, 0) is 9.59 Å². The van der Waals surface area contributed by atoms with Gasteiger partial charge < -0.3 is 10.0 Å². The van der Waals surface area contributed by atoms with Crippen LogP contribution in [0.15, 0.2) is 29.4 Å². The van der Waals surface area contributed by atoms with Crippen LogP contribution in [0.25, 0.3) is 0 Å². The van der Waals surface area contributed by atoms with Crippen LogP contribution in [-0.4, -0.2) is 47.1 Å². The molecule has 1 aliphatic rings. The van der Waals surface area contributed by atoms with Crippen molar-refractivity contribution in [1.29, 1.82) is 0 Å². The van der Waals surface area contributed by atoms with E-state index in [1.165, 1.54) is 23.2 Å².